The number of aromatic amines is 1. The Morgan fingerprint density at radius 1 is 0.815 bits per heavy atom. The maximum atomic E-state index is 13.5. The van der Waals surface area contributed by atoms with Gasteiger partial charge in [-0.05, 0) is 148 Å². The average molecular weight is 1340 g/mol. The standard InChI is InChI=1S/C62H69N9O17S4/c1-61(2)47-34-45(91(82,83)84)24-26-50(47)70(29-5-7-31-89(76,77)78)52(61)14-10-13-39-11-9-12-40(19-28-53-62(3,4)48-35-46(92(85,86)87)25-27-51(48)71(53)30-6-8-32-90(79,80)81)55(39)88-44-22-15-38(16-23-44)33-49(59(74)75)67-57(72)41-17-20-42(21-18-41)64-36-43-37-65-56-54(66-43)58(73)69-60(63)68-56/h10,13-28,34-35,37,39,49H,5-9,11-12,29-33,36H2,1-4H3,(H9-,63,64,65,67,68,69,72,73,74,75,76,77,78,79,80,81,82,83,84,85,86,87)/p+1/b13-10+,28-19+,52-14-/t39?,49-/m0/s1. The number of hydrogen-bond donors (Lipinski definition) is 9. The van der Waals surface area contributed by atoms with Crippen molar-refractivity contribution in [3.8, 4) is 5.75 Å². The van der Waals surface area contributed by atoms with E-state index in [9.17, 15) is 71.4 Å². The Hall–Kier alpha value is -8.49. The van der Waals surface area contributed by atoms with Gasteiger partial charge >= 0.3 is 5.97 Å². The van der Waals surface area contributed by atoms with Crippen molar-refractivity contribution >= 4 is 92.2 Å². The Morgan fingerprint density at radius 2 is 1.47 bits per heavy atom. The van der Waals surface area contributed by atoms with Crippen LogP contribution in [0.1, 0.15) is 105 Å². The fourth-order valence-corrected chi connectivity index (χ4v) is 13.8. The minimum absolute atomic E-state index is 0.0150. The Labute approximate surface area is 531 Å². The lowest BCUT2D eigenvalue weighted by Gasteiger charge is -2.27. The molecule has 2 aliphatic heterocycles. The van der Waals surface area contributed by atoms with Crippen molar-refractivity contribution in [2.24, 2.45) is 5.92 Å². The maximum Gasteiger partial charge on any atom is 0.326 e. The normalized spacial score (nSPS) is 17.4. The largest absolute Gasteiger partial charge is 0.480 e. The van der Waals surface area contributed by atoms with Crippen LogP contribution in [0.3, 0.4) is 0 Å². The van der Waals surface area contributed by atoms with E-state index >= 15 is 0 Å². The van der Waals surface area contributed by atoms with Gasteiger partial charge in [-0.15, -0.1) is 0 Å². The third-order valence-electron chi connectivity index (χ3n) is 16.3. The summed E-state index contributed by atoms with van der Waals surface area (Å²) in [4.78, 5) is 54.7. The highest BCUT2D eigenvalue weighted by atomic mass is 32.2. The second-order valence-corrected chi connectivity index (χ2v) is 29.6. The van der Waals surface area contributed by atoms with Crippen LogP contribution in [0.4, 0.5) is 23.0 Å². The van der Waals surface area contributed by atoms with Crippen LogP contribution in [0.25, 0.3) is 11.2 Å². The number of carbonyl (C=O) groups is 2. The third-order valence-corrected chi connectivity index (χ3v) is 19.7. The van der Waals surface area contributed by atoms with Gasteiger partial charge in [0.1, 0.15) is 24.1 Å². The number of carboxylic acids is 1. The first-order valence-electron chi connectivity index (χ1n) is 29.2. The number of benzene rings is 4. The minimum atomic E-state index is -4.61. The number of nitrogens with two attached hydrogens (primary N) is 1. The molecule has 0 radical (unpaired) electrons. The van der Waals surface area contributed by atoms with Gasteiger partial charge in [0.25, 0.3) is 51.9 Å². The number of aliphatic carboxylic acids is 1. The lowest BCUT2D eigenvalue weighted by atomic mass is 9.80. The van der Waals surface area contributed by atoms with Crippen molar-refractivity contribution in [2.45, 2.75) is 112 Å². The number of unbranched alkanes of at least 4 members (excludes halogenated alkanes) is 2. The number of amides is 1. The first kappa shape index (κ1) is 67.9. The predicted octanol–water partition coefficient (Wildman–Crippen LogP) is 7.47. The molecule has 9 rings (SSSR count). The number of rotatable bonds is 26. The molecule has 6 aromatic rings. The molecule has 0 fully saturated rings. The molecule has 0 bridgehead atoms. The summed E-state index contributed by atoms with van der Waals surface area (Å²) in [7, 11) is -17.7. The van der Waals surface area contributed by atoms with Crippen LogP contribution in [0.5, 0.6) is 5.75 Å². The Bertz CT molecular complexity index is 4580. The molecule has 1 aliphatic carbocycles. The molecule has 2 atom stereocenters. The number of aromatic nitrogens is 4. The van der Waals surface area contributed by atoms with E-state index in [1.807, 2.05) is 67.6 Å². The highest BCUT2D eigenvalue weighted by molar-refractivity contribution is 7.86. The van der Waals surface area contributed by atoms with E-state index < -0.39 is 92.2 Å². The Balaban J connectivity index is 1.00. The highest BCUT2D eigenvalue weighted by Crippen LogP contribution is 2.49. The molecule has 3 aliphatic rings. The molecule has 0 saturated carbocycles. The number of hydrogen-bond acceptors (Lipinski definition) is 18. The fraction of sp³-hybridized carbons (Fsp3) is 0.339. The number of carboxylic acid groups (broad SMARTS) is 1. The lowest BCUT2D eigenvalue weighted by Crippen LogP contribution is -2.42. The van der Waals surface area contributed by atoms with E-state index in [-0.39, 0.29) is 71.4 Å². The van der Waals surface area contributed by atoms with Crippen molar-refractivity contribution in [3.05, 3.63) is 177 Å². The predicted molar refractivity (Wildman–Crippen MR) is 344 cm³/mol. The molecule has 488 valence electrons. The van der Waals surface area contributed by atoms with Crippen molar-refractivity contribution in [1.29, 1.82) is 0 Å². The van der Waals surface area contributed by atoms with Crippen molar-refractivity contribution in [2.75, 3.05) is 40.5 Å². The van der Waals surface area contributed by atoms with E-state index in [0.29, 0.717) is 94.5 Å². The van der Waals surface area contributed by atoms with Crippen molar-refractivity contribution in [1.82, 2.24) is 25.3 Å². The van der Waals surface area contributed by atoms with Crippen LogP contribution in [-0.4, -0.2) is 130 Å². The van der Waals surface area contributed by atoms with Gasteiger partial charge in [0, 0.05) is 71.1 Å². The van der Waals surface area contributed by atoms with Gasteiger partial charge in [-0.25, -0.2) is 14.8 Å². The van der Waals surface area contributed by atoms with Crippen molar-refractivity contribution < 1.29 is 75.9 Å². The number of allylic oxidation sites excluding steroid dienone is 7. The molecule has 4 heterocycles. The number of carbonyl (C=O) groups excluding carboxylic acids is 1. The monoisotopic (exact) mass is 1340 g/mol. The molecule has 2 aromatic heterocycles. The zero-order chi connectivity index (χ0) is 66.7. The Morgan fingerprint density at radius 3 is 2.12 bits per heavy atom. The van der Waals surface area contributed by atoms with Crippen LogP contribution < -0.4 is 31.6 Å². The number of anilines is 3. The zero-order valence-corrected chi connectivity index (χ0v) is 53.7. The van der Waals surface area contributed by atoms with Gasteiger partial charge in [-0.1, -0.05) is 38.1 Å². The van der Waals surface area contributed by atoms with Crippen molar-refractivity contribution in [3.63, 3.8) is 0 Å². The summed E-state index contributed by atoms with van der Waals surface area (Å²) in [5, 5.41) is 16.1. The molecule has 1 amide bonds. The minimum Gasteiger partial charge on any atom is -0.480 e. The summed E-state index contributed by atoms with van der Waals surface area (Å²) >= 11 is 0. The summed E-state index contributed by atoms with van der Waals surface area (Å²) in [5.74, 6) is -2.45. The van der Waals surface area contributed by atoms with E-state index in [1.54, 1.807) is 48.5 Å². The van der Waals surface area contributed by atoms with Gasteiger partial charge in [-0.3, -0.25) is 32.8 Å². The number of fused-ring (bicyclic) bond motifs is 3. The molecular formula is C62H70N9O17S4+. The first-order valence-corrected chi connectivity index (χ1v) is 35.3. The second kappa shape index (κ2) is 27.0. The quantitative estimate of drug-likeness (QED) is 0.0144. The summed E-state index contributed by atoms with van der Waals surface area (Å²) in [6, 6.07) is 20.2. The SMILES string of the molecule is CC1(C)C(/C=C/C2=C(Oc3ccc(C[C@H](NC(=O)c4ccc(NCc5cnc6nc(N)[nH]c(=O)c6n5)cc4)C(=O)O)cc3)C(/C=C/C=C3\N(CCCCS(=O)(=O)O)c4ccc(S(=O)(=O)O)cc4C3(C)C)CCC2)=[N+](CCCCS(=O)(=O)O)c2ccc(S(=O)(=O)O)cc21. The first-order chi connectivity index (χ1) is 43.2. The second-order valence-electron chi connectivity index (χ2n) is 23.6. The van der Waals surface area contributed by atoms with E-state index in [0.717, 1.165) is 5.57 Å². The smallest absolute Gasteiger partial charge is 0.326 e. The third kappa shape index (κ3) is 16.2. The molecular weight excluding hydrogens is 1270 g/mol. The highest BCUT2D eigenvalue weighted by Gasteiger charge is 2.45. The topological polar surface area (TPSA) is 409 Å². The maximum absolute atomic E-state index is 13.5. The van der Waals surface area contributed by atoms with Crippen LogP contribution >= 0.6 is 0 Å². The van der Waals surface area contributed by atoms with E-state index in [1.165, 1.54) is 42.6 Å². The molecule has 30 heteroatoms. The number of nitrogens with one attached hydrogen (secondary N) is 3. The number of H-pyrrole nitrogens is 1. The van der Waals surface area contributed by atoms with Gasteiger partial charge in [-0.2, -0.15) is 43.2 Å². The molecule has 0 saturated heterocycles. The number of ether oxygens (including phenoxy) is 1. The van der Waals surface area contributed by atoms with Crippen LogP contribution in [0.15, 0.2) is 153 Å². The Kier molecular flexibility index (Phi) is 19.9. The van der Waals surface area contributed by atoms with Gasteiger partial charge in [0.05, 0.1) is 45.1 Å². The summed E-state index contributed by atoms with van der Waals surface area (Å²) in [6.45, 7) is 8.27. The lowest BCUT2D eigenvalue weighted by molar-refractivity contribution is -0.438. The number of nitrogen functional groups attached to an aromatic ring is 1. The molecule has 10 N–H and O–H groups in total. The molecule has 92 heavy (non-hydrogen) atoms. The number of nitrogens with zero attached hydrogens (tertiary/aromatic N) is 5. The van der Waals surface area contributed by atoms with Gasteiger partial charge in [0.15, 0.2) is 16.9 Å². The molecule has 1 unspecified atom stereocenters. The fourth-order valence-electron chi connectivity index (χ4n) is 11.7. The molecule has 4 aromatic carbocycles. The van der Waals surface area contributed by atoms with Gasteiger partial charge in [0.2, 0.25) is 11.6 Å². The molecule has 0 spiro atoms. The summed E-state index contributed by atoms with van der Waals surface area (Å²) in [6.07, 6.45) is 13.5. The zero-order valence-electron chi connectivity index (χ0n) is 50.5. The molecule has 26 nitrogen and oxygen atoms in total. The van der Waals surface area contributed by atoms with Crippen LogP contribution in [0, 0.1) is 5.92 Å². The average Bonchev–Trinajstić information content (AvgIpc) is 1.60. The summed E-state index contributed by atoms with van der Waals surface area (Å²) in [5.41, 5.74) is 9.78. The summed E-state index contributed by atoms with van der Waals surface area (Å²) < 4.78 is 144. The van der Waals surface area contributed by atoms with Crippen LogP contribution in [0.2, 0.25) is 0 Å². The van der Waals surface area contributed by atoms with E-state index in [2.05, 4.69) is 30.6 Å². The van der Waals surface area contributed by atoms with E-state index in [4.69, 9.17) is 10.5 Å². The van der Waals surface area contributed by atoms with Crippen LogP contribution in [-0.2, 0) is 69.1 Å². The van der Waals surface area contributed by atoms with Gasteiger partial charge < -0.3 is 31.1 Å².